The topological polar surface area (TPSA) is 34.8 Å². The van der Waals surface area contributed by atoms with Crippen LogP contribution in [-0.2, 0) is 13.0 Å². The zero-order valence-electron chi connectivity index (χ0n) is 22.5. The molecule has 39 heavy (non-hydrogen) atoms. The van der Waals surface area contributed by atoms with Crippen LogP contribution in [0.2, 0.25) is 0 Å². The highest BCUT2D eigenvalue weighted by Gasteiger charge is 2.23. The van der Waals surface area contributed by atoms with E-state index >= 15 is 4.39 Å². The van der Waals surface area contributed by atoms with Gasteiger partial charge in [0, 0.05) is 22.9 Å². The third kappa shape index (κ3) is 4.75. The number of para-hydroxylation sites is 1. The molecule has 196 valence electrons. The van der Waals surface area contributed by atoms with Gasteiger partial charge in [0.2, 0.25) is 0 Å². The average molecular weight is 517 g/mol. The van der Waals surface area contributed by atoms with Gasteiger partial charge in [0.25, 0.3) is 0 Å². The molecule has 0 spiro atoms. The zero-order valence-corrected chi connectivity index (χ0v) is 22.5. The Morgan fingerprint density at radius 1 is 0.795 bits per heavy atom. The molecule has 0 bridgehead atoms. The summed E-state index contributed by atoms with van der Waals surface area (Å²) in [7, 11) is 0. The average Bonchev–Trinajstić information content (AvgIpc) is 3.52. The van der Waals surface area contributed by atoms with Gasteiger partial charge in [-0.15, -0.1) is 0 Å². The van der Waals surface area contributed by atoms with E-state index in [1.807, 2.05) is 72.3 Å². The fraction of sp³-hybridized carbons (Fsp3) is 0.206. The lowest BCUT2D eigenvalue weighted by atomic mass is 10.0. The Hall–Kier alpha value is -4.22. The van der Waals surface area contributed by atoms with Gasteiger partial charge in [-0.2, -0.15) is 5.10 Å². The van der Waals surface area contributed by atoms with E-state index in [1.165, 1.54) is 5.56 Å². The number of hydrogen-bond donors (Lipinski definition) is 1. The number of nitrogens with one attached hydrogen (secondary N) is 1. The summed E-state index contributed by atoms with van der Waals surface area (Å²) in [5, 5.41) is 9.55. The standard InChI is InChI=1S/C34H33FN4/c1-3-20-36-21-19-25-13-15-26(16-14-25)23-38-31-18-17-30-29(22-37-39(30)27-10-5-4-6-11-27)32(31)33(35)34(38)28-12-8-7-9-24(28)2/h4-18,22,36H,3,19-21,23H2,1-2H3. The number of rotatable bonds is 9. The largest absolute Gasteiger partial charge is 0.333 e. The first-order valence-electron chi connectivity index (χ1n) is 13.7. The van der Waals surface area contributed by atoms with Crippen LogP contribution in [0.25, 0.3) is 38.8 Å². The van der Waals surface area contributed by atoms with Crippen molar-refractivity contribution in [3.63, 3.8) is 0 Å². The van der Waals surface area contributed by atoms with Crippen LogP contribution >= 0.6 is 0 Å². The maximum absolute atomic E-state index is 16.6. The highest BCUT2D eigenvalue weighted by molar-refractivity contribution is 6.08. The Balaban J connectivity index is 1.46. The molecule has 0 radical (unpaired) electrons. The van der Waals surface area contributed by atoms with Crippen molar-refractivity contribution in [1.82, 2.24) is 19.7 Å². The Morgan fingerprint density at radius 2 is 1.51 bits per heavy atom. The first-order chi connectivity index (χ1) is 19.2. The maximum Gasteiger partial charge on any atom is 0.157 e. The van der Waals surface area contributed by atoms with Crippen molar-refractivity contribution >= 4 is 21.8 Å². The molecule has 0 aliphatic carbocycles. The van der Waals surface area contributed by atoms with Crippen LogP contribution < -0.4 is 5.32 Å². The van der Waals surface area contributed by atoms with Crippen molar-refractivity contribution in [2.24, 2.45) is 0 Å². The van der Waals surface area contributed by atoms with Gasteiger partial charge in [-0.1, -0.05) is 73.7 Å². The van der Waals surface area contributed by atoms with Crippen molar-refractivity contribution in [2.45, 2.75) is 33.2 Å². The molecule has 2 aromatic heterocycles. The monoisotopic (exact) mass is 516 g/mol. The summed E-state index contributed by atoms with van der Waals surface area (Å²) in [6.07, 6.45) is 3.93. The van der Waals surface area contributed by atoms with E-state index in [4.69, 9.17) is 0 Å². The molecular weight excluding hydrogens is 483 g/mol. The second kappa shape index (κ2) is 10.9. The molecule has 5 heteroatoms. The molecule has 0 atom stereocenters. The summed E-state index contributed by atoms with van der Waals surface area (Å²) in [6.45, 7) is 6.83. The number of halogens is 1. The molecule has 0 aliphatic rings. The van der Waals surface area contributed by atoms with Crippen molar-refractivity contribution in [3.8, 4) is 16.9 Å². The molecule has 4 nitrogen and oxygen atoms in total. The van der Waals surface area contributed by atoms with Crippen LogP contribution in [0.3, 0.4) is 0 Å². The van der Waals surface area contributed by atoms with Crippen LogP contribution in [-0.4, -0.2) is 27.4 Å². The first kappa shape index (κ1) is 25.1. The van der Waals surface area contributed by atoms with Gasteiger partial charge in [0.1, 0.15) is 0 Å². The third-order valence-electron chi connectivity index (χ3n) is 7.50. The van der Waals surface area contributed by atoms with E-state index in [-0.39, 0.29) is 5.82 Å². The quantitative estimate of drug-likeness (QED) is 0.200. The molecule has 4 aromatic carbocycles. The summed E-state index contributed by atoms with van der Waals surface area (Å²) >= 11 is 0. The van der Waals surface area contributed by atoms with Crippen LogP contribution in [0.15, 0.2) is 97.2 Å². The number of aryl methyl sites for hydroxylation is 1. The Bertz CT molecular complexity index is 1730. The predicted molar refractivity (Wildman–Crippen MR) is 159 cm³/mol. The minimum atomic E-state index is -0.198. The molecule has 0 saturated heterocycles. The van der Waals surface area contributed by atoms with E-state index in [2.05, 4.69) is 52.2 Å². The predicted octanol–water partition coefficient (Wildman–Crippen LogP) is 7.69. The van der Waals surface area contributed by atoms with Gasteiger partial charge in [-0.05, 0) is 73.8 Å². The lowest BCUT2D eigenvalue weighted by Gasteiger charge is -2.14. The molecule has 0 saturated carbocycles. The Kier molecular flexibility index (Phi) is 6.99. The summed E-state index contributed by atoms with van der Waals surface area (Å²) in [5.41, 5.74) is 7.75. The van der Waals surface area contributed by atoms with E-state index in [0.717, 1.165) is 64.7 Å². The van der Waals surface area contributed by atoms with E-state index in [0.29, 0.717) is 17.6 Å². The molecule has 1 N–H and O–H groups in total. The highest BCUT2D eigenvalue weighted by Crippen LogP contribution is 2.38. The Labute approximate surface area is 228 Å². The minimum absolute atomic E-state index is 0.198. The number of hydrogen-bond acceptors (Lipinski definition) is 2. The second-order valence-electron chi connectivity index (χ2n) is 10.2. The summed E-state index contributed by atoms with van der Waals surface area (Å²) < 4.78 is 20.6. The van der Waals surface area contributed by atoms with Crippen LogP contribution in [0.1, 0.15) is 30.0 Å². The molecule has 0 unspecified atom stereocenters. The van der Waals surface area contributed by atoms with Gasteiger partial charge in [-0.25, -0.2) is 9.07 Å². The van der Waals surface area contributed by atoms with Crippen LogP contribution in [0.5, 0.6) is 0 Å². The normalized spacial score (nSPS) is 11.6. The number of benzene rings is 4. The van der Waals surface area contributed by atoms with Gasteiger partial charge in [0.05, 0.1) is 28.6 Å². The first-order valence-corrected chi connectivity index (χ1v) is 13.7. The highest BCUT2D eigenvalue weighted by atomic mass is 19.1. The lowest BCUT2D eigenvalue weighted by molar-refractivity contribution is 0.635. The van der Waals surface area contributed by atoms with E-state index in [9.17, 15) is 0 Å². The summed E-state index contributed by atoms with van der Waals surface area (Å²) in [6, 6.07) is 30.9. The van der Waals surface area contributed by atoms with Gasteiger partial charge in [-0.3, -0.25) is 0 Å². The van der Waals surface area contributed by atoms with E-state index in [1.54, 1.807) is 6.20 Å². The van der Waals surface area contributed by atoms with Crippen molar-refractivity contribution in [1.29, 1.82) is 0 Å². The fourth-order valence-corrected chi connectivity index (χ4v) is 5.47. The molecule has 0 amide bonds. The maximum atomic E-state index is 16.6. The molecule has 2 heterocycles. The molecule has 6 rings (SSSR count). The van der Waals surface area contributed by atoms with Gasteiger partial charge >= 0.3 is 0 Å². The third-order valence-corrected chi connectivity index (χ3v) is 7.50. The second-order valence-corrected chi connectivity index (χ2v) is 10.2. The van der Waals surface area contributed by atoms with Crippen molar-refractivity contribution in [2.75, 3.05) is 13.1 Å². The minimum Gasteiger partial charge on any atom is -0.333 e. The summed E-state index contributed by atoms with van der Waals surface area (Å²) in [5.74, 6) is -0.198. The smallest absolute Gasteiger partial charge is 0.157 e. The molecular formula is C34H33FN4. The van der Waals surface area contributed by atoms with Crippen LogP contribution in [0, 0.1) is 12.7 Å². The number of nitrogens with zero attached hydrogens (tertiary/aromatic N) is 3. The SMILES string of the molecule is CCCNCCc1ccc(Cn2c(-c3ccccc3C)c(F)c3c4cnn(-c5ccccc5)c4ccc32)cc1. The molecule has 0 fully saturated rings. The lowest BCUT2D eigenvalue weighted by Crippen LogP contribution is -2.17. The van der Waals surface area contributed by atoms with E-state index < -0.39 is 0 Å². The van der Waals surface area contributed by atoms with Crippen LogP contribution in [0.4, 0.5) is 4.39 Å². The number of fused-ring (bicyclic) bond motifs is 3. The van der Waals surface area contributed by atoms with Gasteiger partial charge in [0.15, 0.2) is 5.82 Å². The molecule has 6 aromatic rings. The van der Waals surface area contributed by atoms with Gasteiger partial charge < -0.3 is 9.88 Å². The van der Waals surface area contributed by atoms with Crippen molar-refractivity contribution < 1.29 is 4.39 Å². The summed E-state index contributed by atoms with van der Waals surface area (Å²) in [4.78, 5) is 0. The Morgan fingerprint density at radius 3 is 2.28 bits per heavy atom. The van der Waals surface area contributed by atoms with Crippen molar-refractivity contribution in [3.05, 3.63) is 120 Å². The number of aromatic nitrogens is 3. The molecule has 0 aliphatic heterocycles. The fourth-order valence-electron chi connectivity index (χ4n) is 5.47. The zero-order chi connectivity index (χ0) is 26.8.